The second-order valence-electron chi connectivity index (χ2n) is 6.75. The maximum Gasteiger partial charge on any atom is 0.338 e. The fraction of sp³-hybridized carbons (Fsp3) is 0.250. The Morgan fingerprint density at radius 1 is 0.964 bits per heavy atom. The number of aldehydes is 1. The van der Waals surface area contributed by atoms with Gasteiger partial charge in [0.2, 0.25) is 0 Å². The summed E-state index contributed by atoms with van der Waals surface area (Å²) in [5.41, 5.74) is 1.54. The zero-order chi connectivity index (χ0) is 19.8. The van der Waals surface area contributed by atoms with Crippen LogP contribution in [0.1, 0.15) is 35.7 Å². The van der Waals surface area contributed by atoms with Crippen molar-refractivity contribution >= 4 is 23.0 Å². The minimum absolute atomic E-state index is 0.316. The molecule has 4 nitrogen and oxygen atoms in total. The van der Waals surface area contributed by atoms with E-state index < -0.39 is 12.1 Å². The molecule has 28 heavy (non-hydrogen) atoms. The van der Waals surface area contributed by atoms with Crippen molar-refractivity contribution in [2.24, 2.45) is 0 Å². The molecule has 0 N–H and O–H groups in total. The van der Waals surface area contributed by atoms with Crippen molar-refractivity contribution < 1.29 is 19.1 Å². The maximum atomic E-state index is 12.4. The van der Waals surface area contributed by atoms with E-state index in [2.05, 4.69) is 24.3 Å². The molecule has 0 saturated heterocycles. The monoisotopic (exact) mass is 376 g/mol. The van der Waals surface area contributed by atoms with Gasteiger partial charge >= 0.3 is 5.97 Å². The fourth-order valence-corrected chi connectivity index (χ4v) is 3.07. The Bertz CT molecular complexity index is 920. The molecular formula is C24H24O4. The van der Waals surface area contributed by atoms with Crippen LogP contribution in [0.15, 0.2) is 72.8 Å². The Labute approximate surface area is 165 Å². The first-order chi connectivity index (χ1) is 13.7. The van der Waals surface area contributed by atoms with Gasteiger partial charge in [0.25, 0.3) is 0 Å². The van der Waals surface area contributed by atoms with Gasteiger partial charge in [0.1, 0.15) is 12.4 Å². The molecule has 2 atom stereocenters. The van der Waals surface area contributed by atoms with Gasteiger partial charge in [0.05, 0.1) is 18.3 Å². The summed E-state index contributed by atoms with van der Waals surface area (Å²) in [7, 11) is 0. The third-order valence-electron chi connectivity index (χ3n) is 4.69. The van der Waals surface area contributed by atoms with E-state index in [1.54, 1.807) is 24.3 Å². The minimum Gasteiger partial charge on any atom is -0.456 e. The molecule has 0 saturated carbocycles. The molecule has 144 valence electrons. The molecule has 0 fully saturated rings. The van der Waals surface area contributed by atoms with Crippen LogP contribution in [0.25, 0.3) is 10.8 Å². The van der Waals surface area contributed by atoms with Crippen LogP contribution < -0.4 is 0 Å². The van der Waals surface area contributed by atoms with E-state index in [1.807, 2.05) is 31.2 Å². The van der Waals surface area contributed by atoms with Crippen molar-refractivity contribution in [3.8, 4) is 0 Å². The maximum absolute atomic E-state index is 12.4. The van der Waals surface area contributed by atoms with E-state index in [4.69, 9.17) is 9.47 Å². The van der Waals surface area contributed by atoms with Crippen molar-refractivity contribution in [3.63, 3.8) is 0 Å². The highest BCUT2D eigenvalue weighted by Gasteiger charge is 2.23. The largest absolute Gasteiger partial charge is 0.456 e. The first-order valence-electron chi connectivity index (χ1n) is 9.46. The summed E-state index contributed by atoms with van der Waals surface area (Å²) in [4.78, 5) is 23.2. The Balaban J connectivity index is 1.63. The number of ether oxygens (including phenoxy) is 2. The summed E-state index contributed by atoms with van der Waals surface area (Å²) in [6.07, 6.45) is 0.758. The van der Waals surface area contributed by atoms with Crippen LogP contribution >= 0.6 is 0 Å². The van der Waals surface area contributed by atoms with Crippen LogP contribution in [-0.4, -0.2) is 24.5 Å². The van der Waals surface area contributed by atoms with E-state index in [1.165, 1.54) is 5.39 Å². The highest BCUT2D eigenvalue weighted by Crippen LogP contribution is 2.19. The van der Waals surface area contributed by atoms with Gasteiger partial charge in [0, 0.05) is 6.42 Å². The van der Waals surface area contributed by atoms with Crippen molar-refractivity contribution in [1.29, 1.82) is 0 Å². The van der Waals surface area contributed by atoms with Crippen molar-refractivity contribution in [1.82, 2.24) is 0 Å². The van der Waals surface area contributed by atoms with Crippen molar-refractivity contribution in [3.05, 3.63) is 83.9 Å². The lowest BCUT2D eigenvalue weighted by Crippen LogP contribution is -2.31. The Morgan fingerprint density at radius 3 is 2.43 bits per heavy atom. The molecule has 0 aliphatic carbocycles. The lowest BCUT2D eigenvalue weighted by molar-refractivity contribution is -0.109. The fourth-order valence-electron chi connectivity index (χ4n) is 3.07. The summed E-state index contributed by atoms with van der Waals surface area (Å²) in [5.74, 6) is -0.405. The lowest BCUT2D eigenvalue weighted by atomic mass is 10.1. The number of benzene rings is 3. The van der Waals surface area contributed by atoms with Crippen LogP contribution in [0.3, 0.4) is 0 Å². The molecule has 0 aliphatic heterocycles. The van der Waals surface area contributed by atoms with E-state index >= 15 is 0 Å². The molecule has 0 radical (unpaired) electrons. The van der Waals surface area contributed by atoms with Gasteiger partial charge < -0.3 is 14.3 Å². The third kappa shape index (κ3) is 5.27. The van der Waals surface area contributed by atoms with Crippen LogP contribution in [0.5, 0.6) is 0 Å². The number of carbonyl (C=O) groups excluding carboxylic acids is 2. The third-order valence-corrected chi connectivity index (χ3v) is 4.69. The predicted molar refractivity (Wildman–Crippen MR) is 109 cm³/mol. The van der Waals surface area contributed by atoms with Gasteiger partial charge in [-0.05, 0) is 47.9 Å². The standard InChI is InChI=1S/C24H24O4/c1-18(27-17-19-13-14-20-8-5-6-11-22(20)16-19)23(12-7-15-25)28-24(26)21-9-3-2-4-10-21/h2-6,8-11,13-16,18,23H,7,12,17H2,1H3/t18-,23-/m0/s1. The van der Waals surface area contributed by atoms with Crippen LogP contribution in [-0.2, 0) is 20.9 Å². The van der Waals surface area contributed by atoms with E-state index in [9.17, 15) is 9.59 Å². The van der Waals surface area contributed by atoms with Crippen LogP contribution in [0.4, 0.5) is 0 Å². The molecule has 0 aromatic heterocycles. The second-order valence-corrected chi connectivity index (χ2v) is 6.75. The molecule has 0 amide bonds. The first-order valence-corrected chi connectivity index (χ1v) is 9.46. The average molecular weight is 376 g/mol. The van der Waals surface area contributed by atoms with Crippen molar-refractivity contribution in [2.75, 3.05) is 0 Å². The molecule has 3 rings (SSSR count). The minimum atomic E-state index is -0.488. The molecule has 3 aromatic rings. The molecule has 0 unspecified atom stereocenters. The van der Waals surface area contributed by atoms with Gasteiger partial charge in [-0.15, -0.1) is 0 Å². The van der Waals surface area contributed by atoms with Gasteiger partial charge in [-0.3, -0.25) is 0 Å². The van der Waals surface area contributed by atoms with E-state index in [0.717, 1.165) is 17.2 Å². The summed E-state index contributed by atoms with van der Waals surface area (Å²) < 4.78 is 11.6. The summed E-state index contributed by atoms with van der Waals surface area (Å²) in [6.45, 7) is 2.28. The molecule has 0 heterocycles. The summed E-state index contributed by atoms with van der Waals surface area (Å²) in [6, 6.07) is 23.2. The summed E-state index contributed by atoms with van der Waals surface area (Å²) in [5, 5.41) is 2.34. The Kier molecular flexibility index (Phi) is 6.93. The SMILES string of the molecule is C[C@H](OCc1ccc2ccccc2c1)[C@H](CCC=O)OC(=O)c1ccccc1. The molecule has 3 aromatic carbocycles. The lowest BCUT2D eigenvalue weighted by Gasteiger charge is -2.24. The van der Waals surface area contributed by atoms with Gasteiger partial charge in [0.15, 0.2) is 0 Å². The van der Waals surface area contributed by atoms with Gasteiger partial charge in [-0.1, -0.05) is 54.6 Å². The summed E-state index contributed by atoms with van der Waals surface area (Å²) >= 11 is 0. The molecular weight excluding hydrogens is 352 g/mol. The molecule has 0 aliphatic rings. The number of hydrogen-bond donors (Lipinski definition) is 0. The average Bonchev–Trinajstić information content (AvgIpc) is 2.75. The number of hydrogen-bond acceptors (Lipinski definition) is 4. The zero-order valence-electron chi connectivity index (χ0n) is 15.9. The number of esters is 1. The second kappa shape index (κ2) is 9.81. The smallest absolute Gasteiger partial charge is 0.338 e. The zero-order valence-corrected chi connectivity index (χ0v) is 15.9. The van der Waals surface area contributed by atoms with Crippen molar-refractivity contribution in [2.45, 2.75) is 38.6 Å². The highest BCUT2D eigenvalue weighted by atomic mass is 16.6. The molecule has 0 spiro atoms. The Morgan fingerprint density at radius 2 is 1.68 bits per heavy atom. The first kappa shape index (κ1) is 19.8. The molecule has 0 bridgehead atoms. The van der Waals surface area contributed by atoms with Crippen LogP contribution in [0, 0.1) is 0 Å². The number of rotatable bonds is 9. The number of carbonyl (C=O) groups is 2. The van der Waals surface area contributed by atoms with Gasteiger partial charge in [-0.2, -0.15) is 0 Å². The van der Waals surface area contributed by atoms with Crippen LogP contribution in [0.2, 0.25) is 0 Å². The normalized spacial score (nSPS) is 13.0. The van der Waals surface area contributed by atoms with E-state index in [0.29, 0.717) is 25.0 Å². The van der Waals surface area contributed by atoms with E-state index in [-0.39, 0.29) is 6.10 Å². The van der Waals surface area contributed by atoms with Gasteiger partial charge in [-0.25, -0.2) is 4.79 Å². The highest BCUT2D eigenvalue weighted by molar-refractivity contribution is 5.89. The quantitative estimate of drug-likeness (QED) is 0.392. The number of fused-ring (bicyclic) bond motifs is 1. The predicted octanol–water partition coefficient (Wildman–Crippen LogP) is 4.95. The Hall–Kier alpha value is -2.98. The molecule has 4 heteroatoms. The topological polar surface area (TPSA) is 52.6 Å².